The first kappa shape index (κ1) is 12.7. The zero-order valence-corrected chi connectivity index (χ0v) is 12.4. The summed E-state index contributed by atoms with van der Waals surface area (Å²) in [4.78, 5) is 0.919. The van der Waals surface area contributed by atoms with E-state index >= 15 is 0 Å². The molecule has 2 atom stereocenters. The summed E-state index contributed by atoms with van der Waals surface area (Å²) in [6.45, 7) is 5.00. The van der Waals surface area contributed by atoms with Gasteiger partial charge in [-0.2, -0.15) is 9.61 Å². The molecule has 2 aliphatic rings. The fraction of sp³-hybridized carbons (Fsp3) is 0.769. The maximum absolute atomic E-state index is 5.43. The molecule has 108 valence electrons. The highest BCUT2D eigenvalue weighted by atomic mass is 32.1. The third-order valence-corrected chi connectivity index (χ3v) is 5.40. The van der Waals surface area contributed by atoms with Crippen molar-refractivity contribution in [1.82, 2.24) is 25.1 Å². The molecule has 6 nitrogen and oxygen atoms in total. The van der Waals surface area contributed by atoms with Crippen molar-refractivity contribution in [2.45, 2.75) is 38.1 Å². The Bertz CT molecular complexity index is 603. The molecule has 2 unspecified atom stereocenters. The summed E-state index contributed by atoms with van der Waals surface area (Å²) >= 11 is 1.67. The van der Waals surface area contributed by atoms with Crippen molar-refractivity contribution in [2.75, 3.05) is 19.8 Å². The molecule has 20 heavy (non-hydrogen) atoms. The Balaban J connectivity index is 1.67. The van der Waals surface area contributed by atoms with E-state index in [1.807, 2.05) is 4.52 Å². The summed E-state index contributed by atoms with van der Waals surface area (Å²) in [5, 5.41) is 18.1. The van der Waals surface area contributed by atoms with Crippen LogP contribution in [0.1, 0.15) is 49.0 Å². The number of hydrogen-bond acceptors (Lipinski definition) is 6. The molecule has 2 aliphatic heterocycles. The molecule has 0 aliphatic carbocycles. The Morgan fingerprint density at radius 3 is 2.85 bits per heavy atom. The van der Waals surface area contributed by atoms with Gasteiger partial charge < -0.3 is 10.1 Å². The van der Waals surface area contributed by atoms with Crippen LogP contribution in [0.3, 0.4) is 0 Å². The highest BCUT2D eigenvalue weighted by Gasteiger charge is 2.29. The normalized spacial score (nSPS) is 28.4. The number of nitrogens with one attached hydrogen (secondary N) is 1. The summed E-state index contributed by atoms with van der Waals surface area (Å²) in [5.74, 6) is 2.09. The van der Waals surface area contributed by atoms with Gasteiger partial charge in [0, 0.05) is 19.1 Å². The van der Waals surface area contributed by atoms with E-state index in [4.69, 9.17) is 9.84 Å². The maximum Gasteiger partial charge on any atom is 0.234 e. The molecule has 0 aromatic carbocycles. The summed E-state index contributed by atoms with van der Waals surface area (Å²) < 4.78 is 7.39. The minimum Gasteiger partial charge on any atom is -0.381 e. The van der Waals surface area contributed by atoms with Gasteiger partial charge in [0.25, 0.3) is 0 Å². The Morgan fingerprint density at radius 2 is 2.10 bits per heavy atom. The van der Waals surface area contributed by atoms with E-state index in [-0.39, 0.29) is 0 Å². The molecule has 4 rings (SSSR count). The van der Waals surface area contributed by atoms with Crippen LogP contribution >= 0.6 is 11.3 Å². The number of rotatable bonds is 2. The second-order valence-corrected chi connectivity index (χ2v) is 6.76. The van der Waals surface area contributed by atoms with Crippen LogP contribution in [0.15, 0.2) is 0 Å². The van der Waals surface area contributed by atoms with Gasteiger partial charge in [-0.05, 0) is 31.7 Å². The molecule has 0 radical (unpaired) electrons. The molecule has 0 spiro atoms. The molecule has 0 bridgehead atoms. The zero-order valence-electron chi connectivity index (χ0n) is 11.6. The SMILES string of the molecule is CC1CCNC1c1nn2c(C3CCOCC3)nnc2s1. The smallest absolute Gasteiger partial charge is 0.234 e. The molecular formula is C13H19N5OS. The lowest BCUT2D eigenvalue weighted by atomic mass is 10.00. The van der Waals surface area contributed by atoms with Crippen molar-refractivity contribution in [1.29, 1.82) is 0 Å². The number of ether oxygens (including phenoxy) is 1. The molecule has 4 heterocycles. The Labute approximate surface area is 121 Å². The van der Waals surface area contributed by atoms with Crippen LogP contribution in [0.5, 0.6) is 0 Å². The Kier molecular flexibility index (Phi) is 3.20. The second kappa shape index (κ2) is 5.05. The molecule has 1 N–H and O–H groups in total. The average Bonchev–Trinajstić information content (AvgIpc) is 3.13. The van der Waals surface area contributed by atoms with Gasteiger partial charge in [-0.25, -0.2) is 0 Å². The zero-order chi connectivity index (χ0) is 13.5. The third kappa shape index (κ3) is 2.04. The van der Waals surface area contributed by atoms with Gasteiger partial charge in [0.15, 0.2) is 5.82 Å². The van der Waals surface area contributed by atoms with Crippen molar-refractivity contribution in [3.05, 3.63) is 10.8 Å². The predicted molar refractivity (Wildman–Crippen MR) is 76.0 cm³/mol. The number of fused-ring (bicyclic) bond motifs is 1. The quantitative estimate of drug-likeness (QED) is 0.914. The van der Waals surface area contributed by atoms with Gasteiger partial charge in [0.1, 0.15) is 5.01 Å². The van der Waals surface area contributed by atoms with Gasteiger partial charge in [0.2, 0.25) is 4.96 Å². The van der Waals surface area contributed by atoms with E-state index in [0.29, 0.717) is 17.9 Å². The minimum atomic E-state index is 0.379. The van der Waals surface area contributed by atoms with E-state index in [2.05, 4.69) is 22.4 Å². The fourth-order valence-electron chi connectivity index (χ4n) is 3.15. The van der Waals surface area contributed by atoms with Crippen molar-refractivity contribution in [3.63, 3.8) is 0 Å². The summed E-state index contributed by atoms with van der Waals surface area (Å²) in [7, 11) is 0. The van der Waals surface area contributed by atoms with Gasteiger partial charge >= 0.3 is 0 Å². The average molecular weight is 293 g/mol. The lowest BCUT2D eigenvalue weighted by Crippen LogP contribution is -2.18. The van der Waals surface area contributed by atoms with Crippen molar-refractivity contribution >= 4 is 16.3 Å². The first-order chi connectivity index (χ1) is 9.83. The van der Waals surface area contributed by atoms with E-state index in [1.165, 1.54) is 6.42 Å². The van der Waals surface area contributed by atoms with Crippen molar-refractivity contribution < 1.29 is 4.74 Å². The lowest BCUT2D eigenvalue weighted by Gasteiger charge is -2.19. The Hall–Kier alpha value is -1.05. The topological polar surface area (TPSA) is 64.3 Å². The molecule has 2 saturated heterocycles. The summed E-state index contributed by atoms with van der Waals surface area (Å²) in [6, 6.07) is 0.379. The minimum absolute atomic E-state index is 0.379. The predicted octanol–water partition coefficient (Wildman–Crippen LogP) is 1.75. The van der Waals surface area contributed by atoms with E-state index in [0.717, 1.165) is 48.4 Å². The van der Waals surface area contributed by atoms with E-state index in [9.17, 15) is 0 Å². The third-order valence-electron chi connectivity index (χ3n) is 4.42. The molecule has 7 heteroatoms. The molecule has 0 amide bonds. The van der Waals surface area contributed by atoms with Crippen LogP contribution in [-0.4, -0.2) is 39.6 Å². The first-order valence-corrected chi connectivity index (χ1v) is 8.18. The summed E-state index contributed by atoms with van der Waals surface area (Å²) in [6.07, 6.45) is 3.26. The highest BCUT2D eigenvalue weighted by molar-refractivity contribution is 7.16. The second-order valence-electron chi connectivity index (χ2n) is 5.78. The highest BCUT2D eigenvalue weighted by Crippen LogP contribution is 2.33. The molecule has 2 fully saturated rings. The monoisotopic (exact) mass is 293 g/mol. The fourth-order valence-corrected chi connectivity index (χ4v) is 4.20. The number of nitrogens with zero attached hydrogens (tertiary/aromatic N) is 4. The standard InChI is InChI=1S/C13H19N5OS/c1-8-2-5-14-10(8)12-17-18-11(15-16-13(18)20-12)9-3-6-19-7-4-9/h8-10,14H,2-7H2,1H3. The number of hydrogen-bond donors (Lipinski definition) is 1. The van der Waals surface area contributed by atoms with Gasteiger partial charge in [0.05, 0.1) is 6.04 Å². The van der Waals surface area contributed by atoms with E-state index < -0.39 is 0 Å². The lowest BCUT2D eigenvalue weighted by molar-refractivity contribution is 0.0831. The summed E-state index contributed by atoms with van der Waals surface area (Å²) in [5.41, 5.74) is 0. The van der Waals surface area contributed by atoms with Crippen LogP contribution in [-0.2, 0) is 4.74 Å². The van der Waals surface area contributed by atoms with Crippen LogP contribution < -0.4 is 5.32 Å². The largest absolute Gasteiger partial charge is 0.381 e. The Morgan fingerprint density at radius 1 is 1.25 bits per heavy atom. The van der Waals surface area contributed by atoms with Gasteiger partial charge in [-0.3, -0.25) is 0 Å². The maximum atomic E-state index is 5.43. The van der Waals surface area contributed by atoms with Crippen LogP contribution in [0.4, 0.5) is 0 Å². The molecule has 0 saturated carbocycles. The van der Waals surface area contributed by atoms with Crippen LogP contribution in [0.2, 0.25) is 0 Å². The first-order valence-electron chi connectivity index (χ1n) is 7.36. The molecular weight excluding hydrogens is 274 g/mol. The molecule has 2 aromatic heterocycles. The van der Waals surface area contributed by atoms with Crippen LogP contribution in [0, 0.1) is 5.92 Å². The van der Waals surface area contributed by atoms with Crippen LogP contribution in [0.25, 0.3) is 4.96 Å². The van der Waals surface area contributed by atoms with Gasteiger partial charge in [-0.15, -0.1) is 10.2 Å². The number of aromatic nitrogens is 4. The van der Waals surface area contributed by atoms with Crippen molar-refractivity contribution in [2.24, 2.45) is 5.92 Å². The van der Waals surface area contributed by atoms with E-state index in [1.54, 1.807) is 11.3 Å². The van der Waals surface area contributed by atoms with Gasteiger partial charge in [-0.1, -0.05) is 18.3 Å². The molecule has 2 aromatic rings. The van der Waals surface area contributed by atoms with Crippen molar-refractivity contribution in [3.8, 4) is 0 Å².